The maximum Gasteiger partial charge on any atom is 1.00 e. The fraction of sp³-hybridized carbons (Fsp3) is 0.500. The zero-order chi connectivity index (χ0) is 10.4. The quantitative estimate of drug-likeness (QED) is 0.416. The Morgan fingerprint density at radius 2 is 1.44 bits per heavy atom. The molecule has 10 heteroatoms. The summed E-state index contributed by atoms with van der Waals surface area (Å²) in [4.78, 5) is 30.3. The number of aliphatic carboxylic acids is 3. The van der Waals surface area contributed by atoms with E-state index in [1.807, 2.05) is 0 Å². The van der Waals surface area contributed by atoms with Gasteiger partial charge < -0.3 is 24.3 Å². The molecule has 16 heavy (non-hydrogen) atoms. The smallest absolute Gasteiger partial charge is 1.00 e. The average Bonchev–Trinajstić information content (AvgIpc) is 1.96. The first-order valence-electron chi connectivity index (χ1n) is 3.21. The molecule has 7 nitrogen and oxygen atoms in total. The van der Waals surface area contributed by atoms with E-state index in [0.717, 1.165) is 0 Å². The summed E-state index contributed by atoms with van der Waals surface area (Å²) in [6.07, 6.45) is -2.38. The Morgan fingerprint density at radius 1 is 1.00 bits per heavy atom. The molecule has 0 aromatic rings. The second-order valence-corrected chi connectivity index (χ2v) is 2.13. The number of ether oxygens (including phenoxy) is 1. The Morgan fingerprint density at radius 3 is 1.69 bits per heavy atom. The van der Waals surface area contributed by atoms with Crippen molar-refractivity contribution in [1.29, 1.82) is 0 Å². The van der Waals surface area contributed by atoms with E-state index in [-0.39, 0.29) is 158 Å². The number of rotatable bonds is 6. The minimum Gasteiger partial charge on any atom is -1.00 e. The van der Waals surface area contributed by atoms with Gasteiger partial charge in [0, 0.05) is 0 Å². The third-order valence-electron chi connectivity index (χ3n) is 1.04. The molecule has 0 heterocycles. The van der Waals surface area contributed by atoms with Crippen LogP contribution in [0.3, 0.4) is 0 Å². The first kappa shape index (κ1) is 27.6. The normalized spacial score (nSPS) is 9.75. The third-order valence-corrected chi connectivity index (χ3v) is 1.04. The van der Waals surface area contributed by atoms with E-state index >= 15 is 0 Å². The minimum absolute atomic E-state index is 0. The van der Waals surface area contributed by atoms with Crippen molar-refractivity contribution in [3.63, 3.8) is 0 Å². The summed E-state index contributed by atoms with van der Waals surface area (Å²) < 4.78 is 4.30. The number of carboxylic acids is 3. The van der Waals surface area contributed by atoms with Crippen molar-refractivity contribution in [2.75, 3.05) is 6.61 Å². The van der Waals surface area contributed by atoms with Gasteiger partial charge in [0.1, 0.15) is 6.61 Å². The molecule has 0 spiro atoms. The molecule has 0 fully saturated rings. The van der Waals surface area contributed by atoms with Crippen LogP contribution in [0.4, 0.5) is 0 Å². The molecule has 0 rings (SSSR count). The topological polar surface area (TPSA) is 121 Å². The molecular formula is C6H11K3O7. The van der Waals surface area contributed by atoms with Gasteiger partial charge in [-0.2, -0.15) is 0 Å². The molecule has 0 saturated heterocycles. The summed E-state index contributed by atoms with van der Waals surface area (Å²) in [5.74, 6) is -4.21. The van der Waals surface area contributed by atoms with Gasteiger partial charge in [0.25, 0.3) is 0 Å². The fourth-order valence-corrected chi connectivity index (χ4v) is 0.548. The summed E-state index contributed by atoms with van der Waals surface area (Å²) in [5, 5.41) is 24.7. The summed E-state index contributed by atoms with van der Waals surface area (Å²) in [6.45, 7) is -0.829. The second-order valence-electron chi connectivity index (χ2n) is 2.13. The summed E-state index contributed by atoms with van der Waals surface area (Å²) in [6, 6.07) is 0. The van der Waals surface area contributed by atoms with E-state index < -0.39 is 37.0 Å². The minimum atomic E-state index is -1.62. The molecule has 0 aromatic heterocycles. The summed E-state index contributed by atoms with van der Waals surface area (Å²) in [7, 11) is 0. The van der Waals surface area contributed by atoms with Crippen LogP contribution < -0.4 is 154 Å². The molecule has 0 aliphatic carbocycles. The SMILES string of the molecule is O=C(O)COC(CC(=O)O)C(=O)O.[H-].[H-].[H-].[K+].[K+].[K+]. The van der Waals surface area contributed by atoms with Gasteiger partial charge in [0.15, 0.2) is 6.10 Å². The molecule has 3 N–H and O–H groups in total. The van der Waals surface area contributed by atoms with Crippen LogP contribution >= 0.6 is 0 Å². The van der Waals surface area contributed by atoms with E-state index in [2.05, 4.69) is 4.74 Å². The molecule has 0 saturated carbocycles. The number of carboxylic acid groups (broad SMARTS) is 3. The summed E-state index contributed by atoms with van der Waals surface area (Å²) in [5.41, 5.74) is 0. The Labute approximate surface area is 224 Å². The fourth-order valence-electron chi connectivity index (χ4n) is 0.548. The van der Waals surface area contributed by atoms with Gasteiger partial charge in [-0.1, -0.05) is 0 Å². The molecule has 0 aliphatic heterocycles. The average molecular weight is 312 g/mol. The van der Waals surface area contributed by atoms with Gasteiger partial charge in [0.2, 0.25) is 0 Å². The van der Waals surface area contributed by atoms with E-state index in [9.17, 15) is 14.4 Å². The van der Waals surface area contributed by atoms with Crippen molar-refractivity contribution < 1.29 is 193 Å². The van der Waals surface area contributed by atoms with Crippen LogP contribution in [0.1, 0.15) is 10.7 Å². The van der Waals surface area contributed by atoms with Crippen LogP contribution in [0.15, 0.2) is 0 Å². The molecule has 80 valence electrons. The molecule has 0 amide bonds. The van der Waals surface area contributed by atoms with Gasteiger partial charge >= 0.3 is 172 Å². The molecule has 0 aliphatic rings. The van der Waals surface area contributed by atoms with Crippen LogP contribution in [0.25, 0.3) is 0 Å². The zero-order valence-corrected chi connectivity index (χ0v) is 18.8. The molecular weight excluding hydrogens is 301 g/mol. The van der Waals surface area contributed by atoms with Crippen molar-refractivity contribution in [2.24, 2.45) is 0 Å². The van der Waals surface area contributed by atoms with Crippen LogP contribution in [-0.4, -0.2) is 45.9 Å². The first-order chi connectivity index (χ1) is 5.93. The van der Waals surface area contributed by atoms with E-state index in [1.165, 1.54) is 0 Å². The van der Waals surface area contributed by atoms with Gasteiger partial charge in [-0.15, -0.1) is 0 Å². The Hall–Kier alpha value is 3.28. The van der Waals surface area contributed by atoms with Gasteiger partial charge in [0.05, 0.1) is 6.42 Å². The molecule has 0 bridgehead atoms. The predicted octanol–water partition coefficient (Wildman–Crippen LogP) is -9.64. The molecule has 1 unspecified atom stereocenters. The standard InChI is InChI=1S/C6H8O7.3K.3H/c7-4(8)1-3(6(11)12)13-2-5(9)10;;;;;;/h3H,1-2H2,(H,7,8)(H,9,10)(H,11,12);;;;;;/q;3*+1;3*-1. The number of carbonyl (C=O) groups is 3. The van der Waals surface area contributed by atoms with Crippen LogP contribution in [0.5, 0.6) is 0 Å². The van der Waals surface area contributed by atoms with Gasteiger partial charge in [-0.05, 0) is 0 Å². The Bertz CT molecular complexity index is 244. The largest absolute Gasteiger partial charge is 1.00 e. The summed E-state index contributed by atoms with van der Waals surface area (Å²) >= 11 is 0. The predicted molar refractivity (Wildman–Crippen MR) is 40.6 cm³/mol. The van der Waals surface area contributed by atoms with Gasteiger partial charge in [-0.25, -0.2) is 9.59 Å². The Balaban J connectivity index is -0.0000000480. The monoisotopic (exact) mass is 312 g/mol. The third kappa shape index (κ3) is 17.3. The number of hydrogen-bond acceptors (Lipinski definition) is 4. The van der Waals surface area contributed by atoms with E-state index in [1.54, 1.807) is 0 Å². The maximum atomic E-state index is 10.3. The van der Waals surface area contributed by atoms with Gasteiger partial charge in [-0.3, -0.25) is 4.79 Å². The van der Waals surface area contributed by atoms with Crippen molar-refractivity contribution in [1.82, 2.24) is 0 Å². The van der Waals surface area contributed by atoms with Crippen LogP contribution in [0, 0.1) is 0 Å². The molecule has 0 radical (unpaired) electrons. The zero-order valence-electron chi connectivity index (χ0n) is 12.5. The van der Waals surface area contributed by atoms with Crippen LogP contribution in [0.2, 0.25) is 0 Å². The van der Waals surface area contributed by atoms with E-state index in [0.29, 0.717) is 0 Å². The van der Waals surface area contributed by atoms with Crippen molar-refractivity contribution in [2.45, 2.75) is 12.5 Å². The molecule has 1 atom stereocenters. The Kier molecular flexibility index (Phi) is 28.2. The van der Waals surface area contributed by atoms with Crippen LogP contribution in [-0.2, 0) is 19.1 Å². The van der Waals surface area contributed by atoms with Crippen molar-refractivity contribution >= 4 is 17.9 Å². The van der Waals surface area contributed by atoms with E-state index in [4.69, 9.17) is 15.3 Å². The van der Waals surface area contributed by atoms with Crippen molar-refractivity contribution in [3.05, 3.63) is 0 Å². The number of hydrogen-bond donors (Lipinski definition) is 3. The maximum absolute atomic E-state index is 10.3. The first-order valence-corrected chi connectivity index (χ1v) is 3.21. The van der Waals surface area contributed by atoms with Crippen molar-refractivity contribution in [3.8, 4) is 0 Å². The molecule has 0 aromatic carbocycles. The second kappa shape index (κ2) is 16.3.